The van der Waals surface area contributed by atoms with Crippen LogP contribution in [0.3, 0.4) is 0 Å². The van der Waals surface area contributed by atoms with Gasteiger partial charge in [0.2, 0.25) is 11.8 Å². The lowest BCUT2D eigenvalue weighted by Crippen LogP contribution is -2.53. The molecule has 41 heavy (non-hydrogen) atoms. The predicted octanol–water partition coefficient (Wildman–Crippen LogP) is 5.41. The molecule has 1 aliphatic rings. The third kappa shape index (κ3) is 7.76. The first-order valence-electron chi connectivity index (χ1n) is 14.5. The van der Waals surface area contributed by atoms with Gasteiger partial charge in [-0.05, 0) is 69.4 Å². The Balaban J connectivity index is 1.65. The van der Waals surface area contributed by atoms with Gasteiger partial charge in [-0.15, -0.1) is 0 Å². The molecule has 1 aliphatic carbocycles. The lowest BCUT2D eigenvalue weighted by Gasteiger charge is -2.33. The Labute approximate surface area is 244 Å². The Morgan fingerprint density at radius 1 is 0.902 bits per heavy atom. The van der Waals surface area contributed by atoms with Gasteiger partial charge in [0.05, 0.1) is 10.6 Å². The second-order valence-corrected chi connectivity index (χ2v) is 12.8. The van der Waals surface area contributed by atoms with Crippen molar-refractivity contribution in [1.29, 1.82) is 0 Å². The molecule has 1 saturated carbocycles. The largest absolute Gasteiger partial charge is 0.352 e. The second-order valence-electron chi connectivity index (χ2n) is 11.0. The Morgan fingerprint density at radius 3 is 2.17 bits per heavy atom. The number of nitrogens with one attached hydrogen (secondary N) is 1. The maximum absolute atomic E-state index is 14.1. The first kappa shape index (κ1) is 30.3. The van der Waals surface area contributed by atoms with Gasteiger partial charge in [-0.25, -0.2) is 8.42 Å². The Kier molecular flexibility index (Phi) is 10.2. The van der Waals surface area contributed by atoms with Crippen LogP contribution in [-0.4, -0.2) is 50.3 Å². The van der Waals surface area contributed by atoms with E-state index in [1.807, 2.05) is 56.3 Å². The number of benzene rings is 3. The molecule has 7 nitrogen and oxygen atoms in total. The molecule has 0 aliphatic heterocycles. The third-order valence-electron chi connectivity index (χ3n) is 7.83. The SMILES string of the molecule is Cc1ccc(N(CC(=O)N(CCc2ccccc2)C(C)C(=O)NC2CCCCC2)S(=O)(=O)c2ccccc2)c(C)c1. The van der Waals surface area contributed by atoms with Crippen molar-refractivity contribution in [2.24, 2.45) is 0 Å². The molecule has 3 aromatic carbocycles. The number of aryl methyl sites for hydroxylation is 2. The van der Waals surface area contributed by atoms with Gasteiger partial charge in [0.15, 0.2) is 0 Å². The van der Waals surface area contributed by atoms with Gasteiger partial charge in [-0.1, -0.05) is 85.5 Å². The van der Waals surface area contributed by atoms with E-state index in [0.29, 0.717) is 12.1 Å². The normalized spacial score (nSPS) is 14.7. The molecule has 1 N–H and O–H groups in total. The average Bonchev–Trinajstić information content (AvgIpc) is 2.97. The molecule has 0 aromatic heterocycles. The van der Waals surface area contributed by atoms with E-state index < -0.39 is 28.5 Å². The van der Waals surface area contributed by atoms with E-state index in [0.717, 1.165) is 42.4 Å². The number of anilines is 1. The Hall–Kier alpha value is -3.65. The maximum Gasteiger partial charge on any atom is 0.264 e. The van der Waals surface area contributed by atoms with Crippen molar-refractivity contribution in [3.63, 3.8) is 0 Å². The minimum absolute atomic E-state index is 0.103. The molecule has 4 rings (SSSR count). The number of rotatable bonds is 11. The number of sulfonamides is 1. The molecule has 0 radical (unpaired) electrons. The van der Waals surface area contributed by atoms with Crippen molar-refractivity contribution >= 4 is 27.5 Å². The molecule has 1 fully saturated rings. The van der Waals surface area contributed by atoms with Crippen molar-refractivity contribution in [3.05, 3.63) is 95.6 Å². The highest BCUT2D eigenvalue weighted by atomic mass is 32.2. The molecule has 0 bridgehead atoms. The summed E-state index contributed by atoms with van der Waals surface area (Å²) in [6.07, 6.45) is 5.76. The lowest BCUT2D eigenvalue weighted by molar-refractivity contribution is -0.139. The smallest absolute Gasteiger partial charge is 0.264 e. The molecule has 1 unspecified atom stereocenters. The fourth-order valence-electron chi connectivity index (χ4n) is 5.46. The molecule has 1 atom stereocenters. The van der Waals surface area contributed by atoms with E-state index in [9.17, 15) is 18.0 Å². The lowest BCUT2D eigenvalue weighted by atomic mass is 9.95. The molecular weight excluding hydrogens is 534 g/mol. The second kappa shape index (κ2) is 13.8. The molecular formula is C33H41N3O4S. The zero-order valence-electron chi connectivity index (χ0n) is 24.3. The summed E-state index contributed by atoms with van der Waals surface area (Å²) in [7, 11) is -4.07. The summed E-state index contributed by atoms with van der Waals surface area (Å²) in [5.41, 5.74) is 3.21. The zero-order valence-corrected chi connectivity index (χ0v) is 25.1. The maximum atomic E-state index is 14.1. The van der Waals surface area contributed by atoms with E-state index in [1.165, 1.54) is 27.8 Å². The van der Waals surface area contributed by atoms with Crippen molar-refractivity contribution in [1.82, 2.24) is 10.2 Å². The molecule has 218 valence electrons. The topological polar surface area (TPSA) is 86.8 Å². The van der Waals surface area contributed by atoms with Gasteiger partial charge in [-0.2, -0.15) is 0 Å². The number of carbonyl (C=O) groups excluding carboxylic acids is 2. The first-order chi connectivity index (χ1) is 19.7. The fraction of sp³-hybridized carbons (Fsp3) is 0.394. The average molecular weight is 576 g/mol. The van der Waals surface area contributed by atoms with Crippen LogP contribution < -0.4 is 9.62 Å². The van der Waals surface area contributed by atoms with Crippen molar-refractivity contribution in [3.8, 4) is 0 Å². The summed E-state index contributed by atoms with van der Waals surface area (Å²) < 4.78 is 29.1. The quantitative estimate of drug-likeness (QED) is 0.331. The van der Waals surface area contributed by atoms with E-state index in [1.54, 1.807) is 31.2 Å². The van der Waals surface area contributed by atoms with Crippen LogP contribution in [0.2, 0.25) is 0 Å². The van der Waals surface area contributed by atoms with Crippen LogP contribution in [0.4, 0.5) is 5.69 Å². The summed E-state index contributed by atoms with van der Waals surface area (Å²) >= 11 is 0. The zero-order chi connectivity index (χ0) is 29.4. The standard InChI is InChI=1S/C33H41N3O4S/c1-25-19-20-31(26(2)23-25)36(41(39,40)30-17-11-6-12-18-30)24-32(37)35(22-21-28-13-7-4-8-14-28)27(3)33(38)34-29-15-9-5-10-16-29/h4,6-8,11-14,17-20,23,27,29H,5,9-10,15-16,21-22,24H2,1-3H3,(H,34,38). The minimum Gasteiger partial charge on any atom is -0.352 e. The van der Waals surface area contributed by atoms with Gasteiger partial charge in [0, 0.05) is 12.6 Å². The summed E-state index contributed by atoms with van der Waals surface area (Å²) in [5.74, 6) is -0.631. The number of hydrogen-bond acceptors (Lipinski definition) is 4. The summed E-state index contributed by atoms with van der Waals surface area (Å²) in [5, 5.41) is 3.14. The van der Waals surface area contributed by atoms with Gasteiger partial charge in [-0.3, -0.25) is 13.9 Å². The highest BCUT2D eigenvalue weighted by Crippen LogP contribution is 2.28. The van der Waals surface area contributed by atoms with Crippen LogP contribution in [0, 0.1) is 13.8 Å². The van der Waals surface area contributed by atoms with Gasteiger partial charge in [0.1, 0.15) is 12.6 Å². The molecule has 3 aromatic rings. The van der Waals surface area contributed by atoms with Crippen LogP contribution in [0.5, 0.6) is 0 Å². The Morgan fingerprint density at radius 2 is 1.54 bits per heavy atom. The van der Waals surface area contributed by atoms with E-state index in [-0.39, 0.29) is 23.4 Å². The predicted molar refractivity (Wildman–Crippen MR) is 163 cm³/mol. The van der Waals surface area contributed by atoms with Gasteiger partial charge >= 0.3 is 0 Å². The van der Waals surface area contributed by atoms with Crippen LogP contribution in [0.1, 0.15) is 55.7 Å². The van der Waals surface area contributed by atoms with E-state index >= 15 is 0 Å². The third-order valence-corrected chi connectivity index (χ3v) is 9.61. The van der Waals surface area contributed by atoms with E-state index in [4.69, 9.17) is 0 Å². The summed E-state index contributed by atoms with van der Waals surface area (Å²) in [6.45, 7) is 5.38. The van der Waals surface area contributed by atoms with Crippen molar-refractivity contribution in [2.75, 3.05) is 17.4 Å². The van der Waals surface area contributed by atoms with E-state index in [2.05, 4.69) is 5.32 Å². The van der Waals surface area contributed by atoms with Crippen molar-refractivity contribution in [2.45, 2.75) is 76.3 Å². The first-order valence-corrected chi connectivity index (χ1v) is 15.9. The number of nitrogens with zero attached hydrogens (tertiary/aromatic N) is 2. The highest BCUT2D eigenvalue weighted by molar-refractivity contribution is 7.92. The highest BCUT2D eigenvalue weighted by Gasteiger charge is 2.33. The van der Waals surface area contributed by atoms with Crippen LogP contribution in [-0.2, 0) is 26.0 Å². The van der Waals surface area contributed by atoms with Crippen LogP contribution in [0.25, 0.3) is 0 Å². The molecule has 0 heterocycles. The van der Waals surface area contributed by atoms with Gasteiger partial charge in [0.25, 0.3) is 10.0 Å². The monoisotopic (exact) mass is 575 g/mol. The number of carbonyl (C=O) groups is 2. The summed E-state index contributed by atoms with van der Waals surface area (Å²) in [4.78, 5) is 29.1. The molecule has 8 heteroatoms. The minimum atomic E-state index is -4.07. The molecule has 0 saturated heterocycles. The fourth-order valence-corrected chi connectivity index (χ4v) is 6.96. The van der Waals surface area contributed by atoms with Crippen LogP contribution in [0.15, 0.2) is 83.8 Å². The summed E-state index contributed by atoms with van der Waals surface area (Å²) in [6, 6.07) is 22.8. The number of amides is 2. The molecule has 2 amide bonds. The molecule has 0 spiro atoms. The number of hydrogen-bond donors (Lipinski definition) is 1. The Bertz CT molecular complexity index is 1420. The van der Waals surface area contributed by atoms with Crippen LogP contribution >= 0.6 is 0 Å². The van der Waals surface area contributed by atoms with Gasteiger partial charge < -0.3 is 10.2 Å². The van der Waals surface area contributed by atoms with Crippen molar-refractivity contribution < 1.29 is 18.0 Å².